The molecule has 0 aromatic heterocycles. The summed E-state index contributed by atoms with van der Waals surface area (Å²) in [5.41, 5.74) is 7.75. The van der Waals surface area contributed by atoms with Gasteiger partial charge < -0.3 is 10.6 Å². The fourth-order valence-electron chi connectivity index (χ4n) is 3.42. The van der Waals surface area contributed by atoms with Crippen molar-refractivity contribution in [3.05, 3.63) is 35.9 Å². The van der Waals surface area contributed by atoms with Gasteiger partial charge >= 0.3 is 0 Å². The maximum Gasteiger partial charge on any atom is 0.00795 e. The molecular formula is C18H30N2. The lowest BCUT2D eigenvalue weighted by molar-refractivity contribution is 0.172. The smallest absolute Gasteiger partial charge is 0.00795 e. The van der Waals surface area contributed by atoms with E-state index in [9.17, 15) is 0 Å². The Hall–Kier alpha value is -0.860. The Labute approximate surface area is 124 Å². The first-order valence-corrected chi connectivity index (χ1v) is 8.17. The van der Waals surface area contributed by atoms with Crippen LogP contribution in [-0.2, 0) is 6.42 Å². The molecule has 1 aromatic carbocycles. The summed E-state index contributed by atoms with van der Waals surface area (Å²) in [5, 5.41) is 0. The van der Waals surface area contributed by atoms with E-state index < -0.39 is 0 Å². The van der Waals surface area contributed by atoms with E-state index in [0.29, 0.717) is 12.0 Å². The number of benzene rings is 1. The van der Waals surface area contributed by atoms with E-state index in [1.165, 1.54) is 31.2 Å². The molecule has 3 atom stereocenters. The molecular weight excluding hydrogens is 244 g/mol. The molecule has 0 radical (unpaired) electrons. The second-order valence-corrected chi connectivity index (χ2v) is 6.51. The molecule has 0 bridgehead atoms. The van der Waals surface area contributed by atoms with E-state index in [0.717, 1.165) is 25.4 Å². The SMILES string of the molecule is CCC1CCC(N)C(CN(C)CCc2ccccc2)C1. The zero-order chi connectivity index (χ0) is 14.4. The van der Waals surface area contributed by atoms with Crippen molar-refractivity contribution in [2.24, 2.45) is 17.6 Å². The highest BCUT2D eigenvalue weighted by atomic mass is 15.1. The summed E-state index contributed by atoms with van der Waals surface area (Å²) >= 11 is 0. The Morgan fingerprint density at radius 1 is 1.20 bits per heavy atom. The van der Waals surface area contributed by atoms with Crippen molar-refractivity contribution in [3.63, 3.8) is 0 Å². The monoisotopic (exact) mass is 274 g/mol. The maximum atomic E-state index is 6.32. The van der Waals surface area contributed by atoms with E-state index in [4.69, 9.17) is 5.73 Å². The Kier molecular flexibility index (Phi) is 6.06. The highest BCUT2D eigenvalue weighted by Crippen LogP contribution is 2.30. The molecule has 1 fully saturated rings. The van der Waals surface area contributed by atoms with Gasteiger partial charge in [-0.1, -0.05) is 43.7 Å². The normalized spacial score (nSPS) is 26.9. The average Bonchev–Trinajstić information content (AvgIpc) is 2.48. The van der Waals surface area contributed by atoms with Gasteiger partial charge in [0.15, 0.2) is 0 Å². The predicted molar refractivity (Wildman–Crippen MR) is 86.7 cm³/mol. The van der Waals surface area contributed by atoms with Crippen LogP contribution in [0.5, 0.6) is 0 Å². The van der Waals surface area contributed by atoms with Gasteiger partial charge in [-0.2, -0.15) is 0 Å². The van der Waals surface area contributed by atoms with E-state index in [-0.39, 0.29) is 0 Å². The first kappa shape index (κ1) is 15.5. The van der Waals surface area contributed by atoms with Gasteiger partial charge in [-0.3, -0.25) is 0 Å². The Morgan fingerprint density at radius 3 is 2.65 bits per heavy atom. The number of rotatable bonds is 6. The van der Waals surface area contributed by atoms with Crippen LogP contribution in [-0.4, -0.2) is 31.1 Å². The summed E-state index contributed by atoms with van der Waals surface area (Å²) < 4.78 is 0. The molecule has 0 saturated heterocycles. The minimum atomic E-state index is 0.414. The van der Waals surface area contributed by atoms with Crippen LogP contribution in [0, 0.1) is 11.8 Å². The van der Waals surface area contributed by atoms with Gasteiger partial charge in [-0.15, -0.1) is 0 Å². The lowest BCUT2D eigenvalue weighted by Gasteiger charge is -2.36. The van der Waals surface area contributed by atoms with E-state index >= 15 is 0 Å². The number of likely N-dealkylation sites (N-methyl/N-ethyl adjacent to an activating group) is 1. The first-order chi connectivity index (χ1) is 9.69. The second-order valence-electron chi connectivity index (χ2n) is 6.51. The van der Waals surface area contributed by atoms with Crippen molar-refractivity contribution in [3.8, 4) is 0 Å². The van der Waals surface area contributed by atoms with E-state index in [2.05, 4.69) is 49.2 Å². The third kappa shape index (κ3) is 4.60. The van der Waals surface area contributed by atoms with Gasteiger partial charge in [0.1, 0.15) is 0 Å². The molecule has 2 heteroatoms. The molecule has 2 N–H and O–H groups in total. The van der Waals surface area contributed by atoms with Crippen molar-refractivity contribution in [1.29, 1.82) is 0 Å². The molecule has 0 aliphatic heterocycles. The molecule has 0 heterocycles. The fraction of sp³-hybridized carbons (Fsp3) is 0.667. The van der Waals surface area contributed by atoms with Crippen molar-refractivity contribution in [1.82, 2.24) is 4.90 Å². The molecule has 0 amide bonds. The minimum absolute atomic E-state index is 0.414. The summed E-state index contributed by atoms with van der Waals surface area (Å²) in [6.45, 7) is 4.60. The molecule has 0 spiro atoms. The van der Waals surface area contributed by atoms with Crippen LogP contribution in [0.25, 0.3) is 0 Å². The predicted octanol–water partition coefficient (Wildman–Crippen LogP) is 3.31. The van der Waals surface area contributed by atoms with Crippen molar-refractivity contribution < 1.29 is 0 Å². The fourth-order valence-corrected chi connectivity index (χ4v) is 3.42. The lowest BCUT2D eigenvalue weighted by atomic mass is 9.77. The molecule has 1 aliphatic rings. The quantitative estimate of drug-likeness (QED) is 0.862. The second kappa shape index (κ2) is 7.80. The average molecular weight is 274 g/mol. The maximum absolute atomic E-state index is 6.32. The van der Waals surface area contributed by atoms with Crippen LogP contribution in [0.3, 0.4) is 0 Å². The van der Waals surface area contributed by atoms with Crippen LogP contribution >= 0.6 is 0 Å². The third-order valence-corrected chi connectivity index (χ3v) is 4.90. The van der Waals surface area contributed by atoms with Gasteiger partial charge in [0.2, 0.25) is 0 Å². The lowest BCUT2D eigenvalue weighted by Crippen LogP contribution is -2.42. The molecule has 1 aromatic rings. The van der Waals surface area contributed by atoms with Crippen molar-refractivity contribution in [2.45, 2.75) is 45.1 Å². The molecule has 2 nitrogen and oxygen atoms in total. The number of nitrogens with two attached hydrogens (primary N) is 1. The van der Waals surface area contributed by atoms with Crippen LogP contribution in [0.1, 0.15) is 38.2 Å². The summed E-state index contributed by atoms with van der Waals surface area (Å²) in [5.74, 6) is 1.59. The van der Waals surface area contributed by atoms with Gasteiger partial charge in [-0.05, 0) is 50.1 Å². The third-order valence-electron chi connectivity index (χ3n) is 4.90. The van der Waals surface area contributed by atoms with Crippen molar-refractivity contribution >= 4 is 0 Å². The van der Waals surface area contributed by atoms with Crippen LogP contribution < -0.4 is 5.73 Å². The zero-order valence-corrected chi connectivity index (χ0v) is 13.1. The van der Waals surface area contributed by atoms with Crippen LogP contribution in [0.15, 0.2) is 30.3 Å². The number of hydrogen-bond acceptors (Lipinski definition) is 2. The van der Waals surface area contributed by atoms with Gasteiger partial charge in [0.25, 0.3) is 0 Å². The van der Waals surface area contributed by atoms with E-state index in [1.807, 2.05) is 0 Å². The minimum Gasteiger partial charge on any atom is -0.327 e. The topological polar surface area (TPSA) is 29.3 Å². The molecule has 20 heavy (non-hydrogen) atoms. The largest absolute Gasteiger partial charge is 0.327 e. The highest BCUT2D eigenvalue weighted by Gasteiger charge is 2.27. The Balaban J connectivity index is 1.77. The molecule has 3 unspecified atom stereocenters. The summed E-state index contributed by atoms with van der Waals surface area (Å²) in [6, 6.07) is 11.2. The van der Waals surface area contributed by atoms with Gasteiger partial charge in [-0.25, -0.2) is 0 Å². The highest BCUT2D eigenvalue weighted by molar-refractivity contribution is 5.14. The first-order valence-electron chi connectivity index (χ1n) is 8.17. The summed E-state index contributed by atoms with van der Waals surface area (Å²) in [4.78, 5) is 2.47. The summed E-state index contributed by atoms with van der Waals surface area (Å²) in [6.07, 6.45) is 6.33. The molecule has 112 valence electrons. The Morgan fingerprint density at radius 2 is 1.95 bits per heavy atom. The molecule has 2 rings (SSSR count). The number of hydrogen-bond donors (Lipinski definition) is 1. The van der Waals surface area contributed by atoms with Crippen molar-refractivity contribution in [2.75, 3.05) is 20.1 Å². The molecule has 1 saturated carbocycles. The summed E-state index contributed by atoms with van der Waals surface area (Å²) in [7, 11) is 2.24. The molecule has 1 aliphatic carbocycles. The van der Waals surface area contributed by atoms with Gasteiger partial charge in [0.05, 0.1) is 0 Å². The van der Waals surface area contributed by atoms with Crippen LogP contribution in [0.2, 0.25) is 0 Å². The van der Waals surface area contributed by atoms with Gasteiger partial charge in [0, 0.05) is 19.1 Å². The standard InChI is InChI=1S/C18H30N2/c1-3-15-9-10-18(19)17(13-15)14-20(2)12-11-16-7-5-4-6-8-16/h4-8,15,17-18H,3,9-14,19H2,1-2H3. The van der Waals surface area contributed by atoms with Crippen LogP contribution in [0.4, 0.5) is 0 Å². The van der Waals surface area contributed by atoms with E-state index in [1.54, 1.807) is 0 Å². The Bertz CT molecular complexity index is 376. The number of nitrogens with zero attached hydrogens (tertiary/aromatic N) is 1. The zero-order valence-electron chi connectivity index (χ0n) is 13.1.